The topological polar surface area (TPSA) is 67.9 Å². The van der Waals surface area contributed by atoms with Crippen LogP contribution >= 0.6 is 0 Å². The number of H-pyrrole nitrogens is 1. The number of nitrogens with one attached hydrogen (secondary N) is 1. The van der Waals surface area contributed by atoms with E-state index in [-0.39, 0.29) is 5.82 Å². The van der Waals surface area contributed by atoms with Gasteiger partial charge in [-0.3, -0.25) is 4.98 Å². The zero-order chi connectivity index (χ0) is 12.3. The van der Waals surface area contributed by atoms with Crippen molar-refractivity contribution in [2.75, 3.05) is 6.61 Å². The van der Waals surface area contributed by atoms with Crippen LogP contribution in [-0.2, 0) is 4.74 Å². The maximum Gasteiger partial charge on any atom is 0.374 e. The number of aromatic amines is 1. The zero-order valence-corrected chi connectivity index (χ0v) is 9.73. The molecule has 17 heavy (non-hydrogen) atoms. The Kier molecular flexibility index (Phi) is 3.18. The molecule has 0 atom stereocenters. The average Bonchev–Trinajstić information content (AvgIpc) is 2.73. The summed E-state index contributed by atoms with van der Waals surface area (Å²) in [6, 6.07) is 5.55. The first-order valence-electron chi connectivity index (χ1n) is 5.37. The minimum atomic E-state index is -0.446. The number of hydrogen-bond acceptors (Lipinski definition) is 4. The Morgan fingerprint density at radius 3 is 2.94 bits per heavy atom. The fourth-order valence-corrected chi connectivity index (χ4v) is 1.51. The number of aryl methyl sites for hydroxylation is 1. The number of hydrogen-bond donors (Lipinski definition) is 1. The molecule has 0 aromatic carbocycles. The molecule has 0 bridgehead atoms. The van der Waals surface area contributed by atoms with E-state index in [2.05, 4.69) is 15.0 Å². The molecule has 0 aliphatic carbocycles. The van der Waals surface area contributed by atoms with Crippen LogP contribution < -0.4 is 0 Å². The summed E-state index contributed by atoms with van der Waals surface area (Å²) >= 11 is 0. The largest absolute Gasteiger partial charge is 0.460 e. The second kappa shape index (κ2) is 4.78. The van der Waals surface area contributed by atoms with Gasteiger partial charge in [0.25, 0.3) is 0 Å². The molecule has 2 heterocycles. The van der Waals surface area contributed by atoms with Crippen LogP contribution in [0.4, 0.5) is 0 Å². The van der Waals surface area contributed by atoms with Gasteiger partial charge >= 0.3 is 5.97 Å². The molecule has 0 amide bonds. The van der Waals surface area contributed by atoms with E-state index < -0.39 is 5.97 Å². The summed E-state index contributed by atoms with van der Waals surface area (Å²) in [5, 5.41) is 0. The van der Waals surface area contributed by atoms with Crippen molar-refractivity contribution in [3.8, 4) is 11.4 Å². The van der Waals surface area contributed by atoms with Gasteiger partial charge in [0.1, 0.15) is 5.69 Å². The van der Waals surface area contributed by atoms with Crippen LogP contribution in [-0.4, -0.2) is 27.5 Å². The predicted molar refractivity (Wildman–Crippen MR) is 62.5 cm³/mol. The molecule has 0 spiro atoms. The van der Waals surface area contributed by atoms with Gasteiger partial charge in [0.05, 0.1) is 12.3 Å². The number of ether oxygens (including phenoxy) is 1. The number of pyridine rings is 1. The summed E-state index contributed by atoms with van der Waals surface area (Å²) in [5.74, 6) is -0.234. The van der Waals surface area contributed by atoms with Crippen LogP contribution in [0.2, 0.25) is 0 Å². The average molecular weight is 231 g/mol. The maximum atomic E-state index is 11.5. The Bertz CT molecular complexity index is 520. The molecule has 0 unspecified atom stereocenters. The summed E-state index contributed by atoms with van der Waals surface area (Å²) in [5.41, 5.74) is 2.21. The van der Waals surface area contributed by atoms with E-state index >= 15 is 0 Å². The molecule has 1 N–H and O–H groups in total. The van der Waals surface area contributed by atoms with Crippen molar-refractivity contribution in [1.82, 2.24) is 15.0 Å². The number of imidazole rings is 1. The summed E-state index contributed by atoms with van der Waals surface area (Å²) in [4.78, 5) is 22.8. The molecule has 0 saturated carbocycles. The lowest BCUT2D eigenvalue weighted by molar-refractivity contribution is 0.0513. The highest BCUT2D eigenvalue weighted by Gasteiger charge is 2.15. The standard InChI is InChI=1S/C12H13N3O2/c1-3-17-12(16)11-14-8(2)10(15-11)9-6-4-5-7-13-9/h4-7H,3H2,1-2H3,(H,14,15). The number of carbonyl (C=O) groups is 1. The van der Waals surface area contributed by atoms with Gasteiger partial charge in [0.15, 0.2) is 0 Å². The van der Waals surface area contributed by atoms with Crippen LogP contribution in [0.1, 0.15) is 23.2 Å². The number of nitrogens with zero attached hydrogens (tertiary/aromatic N) is 2. The molecule has 88 valence electrons. The number of carbonyl (C=O) groups excluding carboxylic acids is 1. The minimum Gasteiger partial charge on any atom is -0.460 e. The van der Waals surface area contributed by atoms with Crippen molar-refractivity contribution < 1.29 is 9.53 Å². The van der Waals surface area contributed by atoms with Gasteiger partial charge in [-0.1, -0.05) is 6.07 Å². The van der Waals surface area contributed by atoms with Gasteiger partial charge in [-0.2, -0.15) is 0 Å². The fourth-order valence-electron chi connectivity index (χ4n) is 1.51. The SMILES string of the molecule is CCOC(=O)c1nc(-c2ccccn2)c(C)[nH]1. The first-order chi connectivity index (χ1) is 8.22. The van der Waals surface area contributed by atoms with Gasteiger partial charge in [0.2, 0.25) is 5.82 Å². The Morgan fingerprint density at radius 1 is 1.47 bits per heavy atom. The third-order valence-electron chi connectivity index (χ3n) is 2.26. The predicted octanol–water partition coefficient (Wildman–Crippen LogP) is 1.96. The summed E-state index contributed by atoms with van der Waals surface area (Å²) in [6.45, 7) is 3.94. The maximum absolute atomic E-state index is 11.5. The molecular weight excluding hydrogens is 218 g/mol. The van der Waals surface area contributed by atoms with Gasteiger partial charge in [-0.15, -0.1) is 0 Å². The first-order valence-corrected chi connectivity index (χ1v) is 5.37. The summed E-state index contributed by atoms with van der Waals surface area (Å²) in [6.07, 6.45) is 1.69. The fraction of sp³-hybridized carbons (Fsp3) is 0.250. The van der Waals surface area contributed by atoms with E-state index in [1.165, 1.54) is 0 Å². The number of aromatic nitrogens is 3. The second-order valence-corrected chi connectivity index (χ2v) is 3.49. The Balaban J connectivity index is 2.35. The van der Waals surface area contributed by atoms with Crippen LogP contribution in [0.15, 0.2) is 24.4 Å². The molecule has 5 nitrogen and oxygen atoms in total. The van der Waals surface area contributed by atoms with Crippen LogP contribution in [0, 0.1) is 6.92 Å². The smallest absolute Gasteiger partial charge is 0.374 e. The van der Waals surface area contributed by atoms with Gasteiger partial charge < -0.3 is 9.72 Å². The van der Waals surface area contributed by atoms with Crippen molar-refractivity contribution >= 4 is 5.97 Å². The molecule has 0 radical (unpaired) electrons. The van der Waals surface area contributed by atoms with Crippen molar-refractivity contribution in [3.05, 3.63) is 35.9 Å². The van der Waals surface area contributed by atoms with E-state index in [9.17, 15) is 4.79 Å². The molecule has 2 rings (SSSR count). The molecule has 2 aromatic rings. The highest BCUT2D eigenvalue weighted by atomic mass is 16.5. The molecule has 0 aliphatic rings. The van der Waals surface area contributed by atoms with E-state index in [1.807, 2.05) is 25.1 Å². The molecule has 5 heteroatoms. The second-order valence-electron chi connectivity index (χ2n) is 3.49. The van der Waals surface area contributed by atoms with Crippen molar-refractivity contribution in [2.45, 2.75) is 13.8 Å². The minimum absolute atomic E-state index is 0.213. The molecule has 0 aliphatic heterocycles. The Labute approximate surface area is 98.9 Å². The first kappa shape index (κ1) is 11.3. The number of rotatable bonds is 3. The van der Waals surface area contributed by atoms with Gasteiger partial charge in [-0.05, 0) is 26.0 Å². The van der Waals surface area contributed by atoms with E-state index in [1.54, 1.807) is 13.1 Å². The Morgan fingerprint density at radius 2 is 2.29 bits per heavy atom. The third-order valence-corrected chi connectivity index (χ3v) is 2.26. The van der Waals surface area contributed by atoms with Crippen molar-refractivity contribution in [3.63, 3.8) is 0 Å². The van der Waals surface area contributed by atoms with Crippen molar-refractivity contribution in [1.29, 1.82) is 0 Å². The van der Waals surface area contributed by atoms with Crippen LogP contribution in [0.3, 0.4) is 0 Å². The van der Waals surface area contributed by atoms with Crippen LogP contribution in [0.25, 0.3) is 11.4 Å². The lowest BCUT2D eigenvalue weighted by Gasteiger charge is -1.96. The lowest BCUT2D eigenvalue weighted by atomic mass is 10.2. The summed E-state index contributed by atoms with van der Waals surface area (Å²) < 4.78 is 4.88. The molecule has 0 saturated heterocycles. The van der Waals surface area contributed by atoms with Crippen LogP contribution in [0.5, 0.6) is 0 Å². The van der Waals surface area contributed by atoms with E-state index in [0.717, 1.165) is 11.4 Å². The number of esters is 1. The van der Waals surface area contributed by atoms with Crippen molar-refractivity contribution in [2.24, 2.45) is 0 Å². The normalized spacial score (nSPS) is 10.2. The monoisotopic (exact) mass is 231 g/mol. The quantitative estimate of drug-likeness (QED) is 0.820. The van der Waals surface area contributed by atoms with Gasteiger partial charge in [0, 0.05) is 11.9 Å². The molecular formula is C12H13N3O2. The highest BCUT2D eigenvalue weighted by molar-refractivity contribution is 5.86. The van der Waals surface area contributed by atoms with E-state index in [4.69, 9.17) is 4.74 Å². The third kappa shape index (κ3) is 2.33. The van der Waals surface area contributed by atoms with Gasteiger partial charge in [-0.25, -0.2) is 9.78 Å². The lowest BCUT2D eigenvalue weighted by Crippen LogP contribution is -2.06. The summed E-state index contributed by atoms with van der Waals surface area (Å²) in [7, 11) is 0. The highest BCUT2D eigenvalue weighted by Crippen LogP contribution is 2.18. The molecule has 2 aromatic heterocycles. The zero-order valence-electron chi connectivity index (χ0n) is 9.73. The Hall–Kier alpha value is -2.17. The van der Waals surface area contributed by atoms with E-state index in [0.29, 0.717) is 12.3 Å². The molecule has 0 fully saturated rings.